The van der Waals surface area contributed by atoms with Gasteiger partial charge in [0.15, 0.2) is 5.96 Å². The highest BCUT2D eigenvalue weighted by atomic mass is 16.5. The van der Waals surface area contributed by atoms with Gasteiger partial charge in [-0.2, -0.15) is 0 Å². The first-order valence-electron chi connectivity index (χ1n) is 8.92. The Hall–Kier alpha value is -2.08. The van der Waals surface area contributed by atoms with Gasteiger partial charge in [-0.05, 0) is 38.3 Å². The van der Waals surface area contributed by atoms with E-state index in [2.05, 4.69) is 38.6 Å². The maximum absolute atomic E-state index is 5.62. The number of hydrogen-bond donors (Lipinski definition) is 3. The summed E-state index contributed by atoms with van der Waals surface area (Å²) < 4.78 is 5.62. The number of hydrogen-bond acceptors (Lipinski definition) is 3. The lowest BCUT2D eigenvalue weighted by molar-refractivity contribution is 0.117. The molecule has 1 saturated heterocycles. The van der Waals surface area contributed by atoms with Crippen LogP contribution in [0.1, 0.15) is 32.0 Å². The molecule has 0 amide bonds. The number of rotatable bonds is 7. The van der Waals surface area contributed by atoms with Crippen molar-refractivity contribution < 1.29 is 4.74 Å². The van der Waals surface area contributed by atoms with Gasteiger partial charge in [0.25, 0.3) is 0 Å². The number of aromatic amines is 1. The average Bonchev–Trinajstić information content (AvgIpc) is 3.25. The molecule has 1 atom stereocenters. The first-order chi connectivity index (χ1) is 11.8. The molecule has 130 valence electrons. The van der Waals surface area contributed by atoms with Crippen molar-refractivity contribution in [1.29, 1.82) is 0 Å². The van der Waals surface area contributed by atoms with Crippen molar-refractivity contribution >= 4 is 17.0 Å². The second-order valence-corrected chi connectivity index (χ2v) is 6.09. The maximum atomic E-state index is 5.62. The highest BCUT2D eigenvalue weighted by molar-refractivity contribution is 5.79. The second-order valence-electron chi connectivity index (χ2n) is 6.09. The summed E-state index contributed by atoms with van der Waals surface area (Å²) in [5.74, 6) is 1.91. The number of nitrogens with one attached hydrogen (secondary N) is 3. The number of nitrogens with zero attached hydrogens (tertiary/aromatic N) is 2. The molecule has 0 radical (unpaired) electrons. The number of aliphatic imine (C=N–C) groups is 1. The third-order valence-corrected chi connectivity index (χ3v) is 4.14. The molecule has 2 aromatic rings. The lowest BCUT2D eigenvalue weighted by Crippen LogP contribution is -2.38. The molecule has 0 aliphatic carbocycles. The predicted octanol–water partition coefficient (Wildman–Crippen LogP) is 2.23. The Kier molecular flexibility index (Phi) is 6.07. The van der Waals surface area contributed by atoms with Crippen molar-refractivity contribution in [3.8, 4) is 0 Å². The van der Waals surface area contributed by atoms with Crippen molar-refractivity contribution in [3.05, 3.63) is 30.1 Å². The van der Waals surface area contributed by atoms with E-state index in [0.717, 1.165) is 74.7 Å². The molecule has 0 bridgehead atoms. The Morgan fingerprint density at radius 1 is 1.38 bits per heavy atom. The van der Waals surface area contributed by atoms with Gasteiger partial charge >= 0.3 is 0 Å². The Balaban J connectivity index is 1.43. The van der Waals surface area contributed by atoms with Crippen LogP contribution < -0.4 is 10.6 Å². The summed E-state index contributed by atoms with van der Waals surface area (Å²) in [5, 5.41) is 6.68. The van der Waals surface area contributed by atoms with Crippen LogP contribution in [0.2, 0.25) is 0 Å². The van der Waals surface area contributed by atoms with Gasteiger partial charge in [-0.15, -0.1) is 0 Å². The van der Waals surface area contributed by atoms with Gasteiger partial charge in [0.05, 0.1) is 23.7 Å². The van der Waals surface area contributed by atoms with Gasteiger partial charge in [0.1, 0.15) is 5.82 Å². The summed E-state index contributed by atoms with van der Waals surface area (Å²) in [5.41, 5.74) is 2.14. The summed E-state index contributed by atoms with van der Waals surface area (Å²) in [6, 6.07) is 8.14. The number of H-pyrrole nitrogens is 1. The fourth-order valence-corrected chi connectivity index (χ4v) is 2.91. The van der Waals surface area contributed by atoms with Gasteiger partial charge < -0.3 is 20.4 Å². The van der Waals surface area contributed by atoms with Crippen molar-refractivity contribution in [2.24, 2.45) is 4.99 Å². The molecule has 6 heteroatoms. The van der Waals surface area contributed by atoms with Gasteiger partial charge in [0.2, 0.25) is 0 Å². The first-order valence-corrected chi connectivity index (χ1v) is 8.92. The molecule has 6 nitrogen and oxygen atoms in total. The van der Waals surface area contributed by atoms with E-state index in [4.69, 9.17) is 4.74 Å². The number of imidazole rings is 1. The van der Waals surface area contributed by atoms with E-state index in [1.165, 1.54) is 0 Å². The van der Waals surface area contributed by atoms with Crippen LogP contribution in [0.4, 0.5) is 0 Å². The van der Waals surface area contributed by atoms with Crippen LogP contribution in [0.15, 0.2) is 29.3 Å². The van der Waals surface area contributed by atoms with Crippen LogP contribution in [-0.4, -0.2) is 48.3 Å². The molecule has 1 aliphatic rings. The zero-order valence-electron chi connectivity index (χ0n) is 14.3. The lowest BCUT2D eigenvalue weighted by Gasteiger charge is -2.12. The molecule has 1 aliphatic heterocycles. The van der Waals surface area contributed by atoms with E-state index in [0.29, 0.717) is 0 Å². The number of guanidine groups is 1. The lowest BCUT2D eigenvalue weighted by atomic mass is 10.2. The third-order valence-electron chi connectivity index (χ3n) is 4.14. The summed E-state index contributed by atoms with van der Waals surface area (Å²) in [6.45, 7) is 5.42. The van der Waals surface area contributed by atoms with Crippen molar-refractivity contribution in [2.45, 2.75) is 38.7 Å². The van der Waals surface area contributed by atoms with Crippen molar-refractivity contribution in [1.82, 2.24) is 20.6 Å². The Bertz CT molecular complexity index is 627. The van der Waals surface area contributed by atoms with Crippen molar-refractivity contribution in [2.75, 3.05) is 26.2 Å². The molecule has 0 spiro atoms. The van der Waals surface area contributed by atoms with Crippen LogP contribution in [0.25, 0.3) is 11.0 Å². The van der Waals surface area contributed by atoms with Gasteiger partial charge in [-0.1, -0.05) is 12.1 Å². The molecular weight excluding hydrogens is 302 g/mol. The van der Waals surface area contributed by atoms with Crippen LogP contribution in [0.5, 0.6) is 0 Å². The average molecular weight is 329 g/mol. The zero-order chi connectivity index (χ0) is 16.6. The van der Waals surface area contributed by atoms with Crippen LogP contribution in [-0.2, 0) is 11.2 Å². The van der Waals surface area contributed by atoms with E-state index in [9.17, 15) is 0 Å². The number of aromatic nitrogens is 2. The van der Waals surface area contributed by atoms with Crippen LogP contribution in [0.3, 0.4) is 0 Å². The molecular formula is C18H27N5O. The Labute approximate surface area is 143 Å². The highest BCUT2D eigenvalue weighted by Crippen LogP contribution is 2.12. The molecule has 2 heterocycles. The number of aryl methyl sites for hydroxylation is 1. The molecule has 0 saturated carbocycles. The molecule has 24 heavy (non-hydrogen) atoms. The standard InChI is InChI=1S/C18H27N5O/c1-2-19-18(21-13-14-7-6-12-24-14)20-11-5-10-17-22-15-8-3-4-9-16(15)23-17/h3-4,8-9,14H,2,5-7,10-13H2,1H3,(H,22,23)(H2,19,20,21). The molecule has 1 fully saturated rings. The van der Waals surface area contributed by atoms with E-state index in [1.54, 1.807) is 0 Å². The van der Waals surface area contributed by atoms with E-state index >= 15 is 0 Å². The van der Waals surface area contributed by atoms with E-state index in [-0.39, 0.29) is 6.10 Å². The number of ether oxygens (including phenoxy) is 1. The van der Waals surface area contributed by atoms with E-state index < -0.39 is 0 Å². The minimum atomic E-state index is 0.288. The first kappa shape index (κ1) is 16.8. The Morgan fingerprint density at radius 2 is 2.29 bits per heavy atom. The minimum absolute atomic E-state index is 0.288. The fourth-order valence-electron chi connectivity index (χ4n) is 2.91. The fraction of sp³-hybridized carbons (Fsp3) is 0.556. The summed E-state index contributed by atoms with van der Waals surface area (Å²) >= 11 is 0. The third kappa shape index (κ3) is 4.71. The quantitative estimate of drug-likeness (QED) is 0.414. The van der Waals surface area contributed by atoms with Crippen molar-refractivity contribution in [3.63, 3.8) is 0 Å². The SMILES string of the molecule is CCNC(=NCC1CCCO1)NCCCc1nc2ccccc2[nH]1. The summed E-state index contributed by atoms with van der Waals surface area (Å²) in [6.07, 6.45) is 4.49. The molecule has 3 rings (SSSR count). The van der Waals surface area contributed by atoms with Crippen LogP contribution >= 0.6 is 0 Å². The van der Waals surface area contributed by atoms with Gasteiger partial charge in [-0.3, -0.25) is 4.99 Å². The smallest absolute Gasteiger partial charge is 0.191 e. The Morgan fingerprint density at radius 3 is 3.08 bits per heavy atom. The topological polar surface area (TPSA) is 74.3 Å². The predicted molar refractivity (Wildman–Crippen MR) is 97.4 cm³/mol. The van der Waals surface area contributed by atoms with Gasteiger partial charge in [0, 0.05) is 26.1 Å². The number of para-hydroxylation sites is 2. The number of fused-ring (bicyclic) bond motifs is 1. The minimum Gasteiger partial charge on any atom is -0.376 e. The molecule has 1 unspecified atom stereocenters. The summed E-state index contributed by atoms with van der Waals surface area (Å²) in [4.78, 5) is 12.6. The molecule has 1 aromatic carbocycles. The monoisotopic (exact) mass is 329 g/mol. The zero-order valence-corrected chi connectivity index (χ0v) is 14.3. The summed E-state index contributed by atoms with van der Waals surface area (Å²) in [7, 11) is 0. The van der Waals surface area contributed by atoms with Crippen LogP contribution in [0, 0.1) is 0 Å². The highest BCUT2D eigenvalue weighted by Gasteiger charge is 2.14. The molecule has 1 aromatic heterocycles. The maximum Gasteiger partial charge on any atom is 0.191 e. The normalized spacial score (nSPS) is 18.2. The van der Waals surface area contributed by atoms with Gasteiger partial charge in [-0.25, -0.2) is 4.98 Å². The largest absolute Gasteiger partial charge is 0.376 e. The number of benzene rings is 1. The molecule has 3 N–H and O–H groups in total. The second kappa shape index (κ2) is 8.68. The van der Waals surface area contributed by atoms with E-state index in [1.807, 2.05) is 18.2 Å².